The van der Waals surface area contributed by atoms with Crippen molar-refractivity contribution in [2.45, 2.75) is 13.0 Å². The number of nitrogens with zero attached hydrogens (tertiary/aromatic N) is 1. The van der Waals surface area contributed by atoms with Gasteiger partial charge in [0.1, 0.15) is 5.82 Å². The highest BCUT2D eigenvalue weighted by molar-refractivity contribution is 6.30. The smallest absolute Gasteiger partial charge is 0.251 e. The lowest BCUT2D eigenvalue weighted by Gasteiger charge is -2.03. The molecule has 1 aromatic carbocycles. The van der Waals surface area contributed by atoms with Gasteiger partial charge in [-0.3, -0.25) is 4.79 Å². The molecule has 0 aliphatic heterocycles. The molecule has 0 spiro atoms. The van der Waals surface area contributed by atoms with Gasteiger partial charge in [0.15, 0.2) is 0 Å². The Kier molecular flexibility index (Phi) is 3.56. The summed E-state index contributed by atoms with van der Waals surface area (Å²) in [6, 6.07) is 8.82. The molecule has 1 aromatic heterocycles. The molecule has 3 N–H and O–H groups in total. The highest BCUT2D eigenvalue weighted by Crippen LogP contribution is 2.11. The summed E-state index contributed by atoms with van der Waals surface area (Å²) in [5.74, 6) is 0.611. The van der Waals surface area contributed by atoms with Gasteiger partial charge < -0.3 is 10.7 Å². The van der Waals surface area contributed by atoms with Crippen molar-refractivity contribution in [3.63, 3.8) is 0 Å². The molecule has 0 aliphatic rings. The topological polar surface area (TPSA) is 71.8 Å². The molecule has 0 amide bonds. The van der Waals surface area contributed by atoms with Gasteiger partial charge in [-0.25, -0.2) is 4.98 Å². The lowest BCUT2D eigenvalue weighted by Crippen LogP contribution is -2.15. The Balaban J connectivity index is 2.26. The molecule has 2 aromatic rings. The first-order chi connectivity index (χ1) is 8.17. The molecule has 17 heavy (non-hydrogen) atoms. The van der Waals surface area contributed by atoms with E-state index in [1.165, 1.54) is 6.07 Å². The maximum Gasteiger partial charge on any atom is 0.251 e. The predicted octanol–water partition coefficient (Wildman–Crippen LogP) is 1.47. The number of aromatic nitrogens is 2. The Morgan fingerprint density at radius 2 is 2.00 bits per heavy atom. The minimum absolute atomic E-state index is 0.176. The van der Waals surface area contributed by atoms with Crippen LogP contribution < -0.4 is 11.3 Å². The first-order valence-corrected chi connectivity index (χ1v) is 5.59. The molecule has 0 saturated heterocycles. The minimum atomic E-state index is -0.176. The summed E-state index contributed by atoms with van der Waals surface area (Å²) in [7, 11) is 0. The number of nitrogens with two attached hydrogens (primary N) is 1. The third-order valence-electron chi connectivity index (χ3n) is 2.34. The van der Waals surface area contributed by atoms with Crippen LogP contribution in [0.25, 0.3) is 0 Å². The quantitative estimate of drug-likeness (QED) is 0.865. The Hall–Kier alpha value is -1.65. The first-order valence-electron chi connectivity index (χ1n) is 5.21. The number of hydrogen-bond acceptors (Lipinski definition) is 3. The van der Waals surface area contributed by atoms with Crippen LogP contribution in [0.5, 0.6) is 0 Å². The molecule has 5 heteroatoms. The fourth-order valence-electron chi connectivity index (χ4n) is 1.55. The van der Waals surface area contributed by atoms with Gasteiger partial charge in [-0.15, -0.1) is 0 Å². The summed E-state index contributed by atoms with van der Waals surface area (Å²) in [4.78, 5) is 18.3. The van der Waals surface area contributed by atoms with Crippen LogP contribution in [0.4, 0.5) is 0 Å². The van der Waals surface area contributed by atoms with E-state index in [0.29, 0.717) is 23.0 Å². The van der Waals surface area contributed by atoms with E-state index < -0.39 is 0 Å². The van der Waals surface area contributed by atoms with Crippen LogP contribution in [0.3, 0.4) is 0 Å². The molecule has 0 aliphatic carbocycles. The van der Waals surface area contributed by atoms with Crippen molar-refractivity contribution < 1.29 is 0 Å². The number of rotatable bonds is 3. The molecule has 2 rings (SSSR count). The van der Waals surface area contributed by atoms with Gasteiger partial charge >= 0.3 is 0 Å². The highest BCUT2D eigenvalue weighted by Gasteiger charge is 2.02. The fraction of sp³-hybridized carbons (Fsp3) is 0.167. The number of hydrogen-bond donors (Lipinski definition) is 2. The molecule has 0 unspecified atom stereocenters. The summed E-state index contributed by atoms with van der Waals surface area (Å²) < 4.78 is 0. The predicted molar refractivity (Wildman–Crippen MR) is 67.0 cm³/mol. The normalized spacial score (nSPS) is 10.5. The molecule has 1 heterocycles. The van der Waals surface area contributed by atoms with Gasteiger partial charge in [0.05, 0.1) is 5.69 Å². The maximum absolute atomic E-state index is 11.3. The molecular formula is C12H12ClN3O. The number of nitrogens with one attached hydrogen (secondary N) is 1. The SMILES string of the molecule is NCc1cc(=O)[nH]c(Cc2ccc(Cl)cc2)n1. The fourth-order valence-corrected chi connectivity index (χ4v) is 1.67. The van der Waals surface area contributed by atoms with E-state index in [-0.39, 0.29) is 12.1 Å². The van der Waals surface area contributed by atoms with E-state index in [0.717, 1.165) is 5.56 Å². The van der Waals surface area contributed by atoms with E-state index in [9.17, 15) is 4.79 Å². The van der Waals surface area contributed by atoms with Crippen molar-refractivity contribution in [2.24, 2.45) is 5.73 Å². The zero-order valence-corrected chi connectivity index (χ0v) is 9.87. The van der Waals surface area contributed by atoms with E-state index in [2.05, 4.69) is 9.97 Å². The molecule has 4 nitrogen and oxygen atoms in total. The van der Waals surface area contributed by atoms with Crippen LogP contribution in [-0.4, -0.2) is 9.97 Å². The molecule has 0 radical (unpaired) electrons. The number of H-pyrrole nitrogens is 1. The number of aromatic amines is 1. The Bertz CT molecular complexity index is 563. The second kappa shape index (κ2) is 5.12. The van der Waals surface area contributed by atoms with Gasteiger partial charge in [-0.1, -0.05) is 23.7 Å². The Labute approximate surface area is 103 Å². The van der Waals surface area contributed by atoms with Crippen LogP contribution in [0.2, 0.25) is 5.02 Å². The standard InChI is InChI=1S/C12H12ClN3O/c13-9-3-1-8(2-4-9)5-11-15-10(7-14)6-12(17)16-11/h1-4,6H,5,7,14H2,(H,15,16,17). The molecule has 0 fully saturated rings. The van der Waals surface area contributed by atoms with Crippen LogP contribution in [0.1, 0.15) is 17.1 Å². The number of benzene rings is 1. The first kappa shape index (κ1) is 11.8. The molecule has 0 bridgehead atoms. The summed E-state index contributed by atoms with van der Waals surface area (Å²) in [5, 5.41) is 0.686. The zero-order valence-electron chi connectivity index (χ0n) is 9.11. The Morgan fingerprint density at radius 3 is 2.65 bits per heavy atom. The minimum Gasteiger partial charge on any atom is -0.325 e. The second-order valence-corrected chi connectivity index (χ2v) is 4.13. The maximum atomic E-state index is 11.3. The molecule has 0 saturated carbocycles. The van der Waals surface area contributed by atoms with Crippen molar-refractivity contribution in [2.75, 3.05) is 0 Å². The number of halogens is 1. The lowest BCUT2D eigenvalue weighted by molar-refractivity contribution is 0.875. The van der Waals surface area contributed by atoms with Crippen molar-refractivity contribution in [1.29, 1.82) is 0 Å². The van der Waals surface area contributed by atoms with Crippen molar-refractivity contribution in [1.82, 2.24) is 9.97 Å². The van der Waals surface area contributed by atoms with Gasteiger partial charge in [0.2, 0.25) is 0 Å². The second-order valence-electron chi connectivity index (χ2n) is 3.69. The zero-order chi connectivity index (χ0) is 12.3. The van der Waals surface area contributed by atoms with Gasteiger partial charge in [-0.2, -0.15) is 0 Å². The van der Waals surface area contributed by atoms with Gasteiger partial charge in [0, 0.05) is 24.1 Å². The summed E-state index contributed by atoms with van der Waals surface area (Å²) in [6.07, 6.45) is 0.556. The Morgan fingerprint density at radius 1 is 1.29 bits per heavy atom. The van der Waals surface area contributed by atoms with Crippen LogP contribution >= 0.6 is 11.6 Å². The van der Waals surface area contributed by atoms with Crippen LogP contribution in [0.15, 0.2) is 35.1 Å². The highest BCUT2D eigenvalue weighted by atomic mass is 35.5. The largest absolute Gasteiger partial charge is 0.325 e. The van der Waals surface area contributed by atoms with E-state index in [4.69, 9.17) is 17.3 Å². The van der Waals surface area contributed by atoms with E-state index in [1.54, 1.807) is 0 Å². The molecule has 0 atom stereocenters. The van der Waals surface area contributed by atoms with E-state index >= 15 is 0 Å². The van der Waals surface area contributed by atoms with Crippen molar-refractivity contribution >= 4 is 11.6 Å². The average Bonchev–Trinajstić information content (AvgIpc) is 2.31. The van der Waals surface area contributed by atoms with Crippen LogP contribution in [0, 0.1) is 0 Å². The monoisotopic (exact) mass is 249 g/mol. The molecule has 88 valence electrons. The van der Waals surface area contributed by atoms with Crippen molar-refractivity contribution in [3.05, 3.63) is 62.8 Å². The third-order valence-corrected chi connectivity index (χ3v) is 2.59. The van der Waals surface area contributed by atoms with E-state index in [1.807, 2.05) is 24.3 Å². The van der Waals surface area contributed by atoms with Crippen LogP contribution in [-0.2, 0) is 13.0 Å². The lowest BCUT2D eigenvalue weighted by atomic mass is 10.1. The molecular weight excluding hydrogens is 238 g/mol. The van der Waals surface area contributed by atoms with Crippen molar-refractivity contribution in [3.8, 4) is 0 Å². The third kappa shape index (κ3) is 3.15. The summed E-state index contributed by atoms with van der Waals surface area (Å²) in [5.41, 5.74) is 6.92. The van der Waals surface area contributed by atoms with Gasteiger partial charge in [-0.05, 0) is 17.7 Å². The average molecular weight is 250 g/mol. The summed E-state index contributed by atoms with van der Waals surface area (Å²) in [6.45, 7) is 0.261. The van der Waals surface area contributed by atoms with Gasteiger partial charge in [0.25, 0.3) is 5.56 Å². The summed E-state index contributed by atoms with van der Waals surface area (Å²) >= 11 is 5.80.